The summed E-state index contributed by atoms with van der Waals surface area (Å²) in [6.45, 7) is 2.34. The maximum Gasteiger partial charge on any atom is 0.303 e. The number of rotatable bonds is 2. The van der Waals surface area contributed by atoms with Gasteiger partial charge in [0.05, 0.1) is 0 Å². The Labute approximate surface area is 88.9 Å². The summed E-state index contributed by atoms with van der Waals surface area (Å²) in [5.74, 6) is 2.12. The lowest BCUT2D eigenvalue weighted by molar-refractivity contribution is -0.139. The fourth-order valence-electron chi connectivity index (χ4n) is 2.58. The molecule has 0 saturated carbocycles. The summed E-state index contributed by atoms with van der Waals surface area (Å²) in [6.07, 6.45) is 2.65. The molecule has 0 bridgehead atoms. The fourth-order valence-corrected chi connectivity index (χ4v) is 3.84. The highest BCUT2D eigenvalue weighted by molar-refractivity contribution is 7.99. The highest BCUT2D eigenvalue weighted by atomic mass is 32.2. The van der Waals surface area contributed by atoms with Gasteiger partial charge in [0.25, 0.3) is 0 Å². The normalized spacial score (nSPS) is 33.7. The minimum absolute atomic E-state index is 0.363. The molecule has 14 heavy (non-hydrogen) atoms. The largest absolute Gasteiger partial charge is 0.481 e. The summed E-state index contributed by atoms with van der Waals surface area (Å²) in [7, 11) is 0. The van der Waals surface area contributed by atoms with Crippen LogP contribution in [0.1, 0.15) is 19.3 Å². The van der Waals surface area contributed by atoms with E-state index in [9.17, 15) is 4.79 Å². The van der Waals surface area contributed by atoms with E-state index < -0.39 is 5.97 Å². The summed E-state index contributed by atoms with van der Waals surface area (Å²) in [5, 5.41) is 8.83. The molecule has 2 heterocycles. The first kappa shape index (κ1) is 10.3. The first-order chi connectivity index (χ1) is 6.77. The number of hydrogen-bond donors (Lipinski definition) is 1. The molecule has 2 saturated heterocycles. The van der Waals surface area contributed by atoms with Crippen molar-refractivity contribution in [3.8, 4) is 0 Å². The molecule has 2 atom stereocenters. The predicted octanol–water partition coefficient (Wildman–Crippen LogP) is 1.29. The number of fused-ring (bicyclic) bond motifs is 1. The van der Waals surface area contributed by atoms with Crippen LogP contribution in [0.4, 0.5) is 0 Å². The van der Waals surface area contributed by atoms with Gasteiger partial charge in [-0.3, -0.25) is 9.69 Å². The standard InChI is InChI=1S/C10H17NO2S/c12-10(13)6-8-2-1-3-11-4-5-14-7-9(8)11/h8-9H,1-7H2,(H,12,13). The van der Waals surface area contributed by atoms with Crippen molar-refractivity contribution >= 4 is 17.7 Å². The molecule has 3 nitrogen and oxygen atoms in total. The Morgan fingerprint density at radius 2 is 2.36 bits per heavy atom. The van der Waals surface area contributed by atoms with Gasteiger partial charge in [0, 0.05) is 30.5 Å². The predicted molar refractivity (Wildman–Crippen MR) is 57.7 cm³/mol. The lowest BCUT2D eigenvalue weighted by atomic mass is 9.87. The Bertz CT molecular complexity index is 220. The minimum Gasteiger partial charge on any atom is -0.481 e. The zero-order valence-electron chi connectivity index (χ0n) is 8.32. The van der Waals surface area contributed by atoms with Gasteiger partial charge >= 0.3 is 5.97 Å². The van der Waals surface area contributed by atoms with Crippen LogP contribution in [0.15, 0.2) is 0 Å². The second kappa shape index (κ2) is 4.53. The quantitative estimate of drug-likeness (QED) is 0.753. The molecular formula is C10H17NO2S. The van der Waals surface area contributed by atoms with Crippen LogP contribution < -0.4 is 0 Å². The van der Waals surface area contributed by atoms with Crippen LogP contribution in [0.2, 0.25) is 0 Å². The van der Waals surface area contributed by atoms with Crippen molar-refractivity contribution < 1.29 is 9.90 Å². The minimum atomic E-state index is -0.632. The number of carbonyl (C=O) groups is 1. The van der Waals surface area contributed by atoms with Gasteiger partial charge in [0.1, 0.15) is 0 Å². The Hall–Kier alpha value is -0.220. The second-order valence-corrected chi connectivity index (χ2v) is 5.33. The van der Waals surface area contributed by atoms with Gasteiger partial charge < -0.3 is 5.11 Å². The smallest absolute Gasteiger partial charge is 0.303 e. The van der Waals surface area contributed by atoms with Crippen molar-refractivity contribution in [2.45, 2.75) is 25.3 Å². The summed E-state index contributed by atoms with van der Waals surface area (Å²) in [6, 6.07) is 0.540. The van der Waals surface area contributed by atoms with Crippen LogP contribution in [-0.4, -0.2) is 46.6 Å². The third-order valence-corrected chi connectivity index (χ3v) is 4.33. The average Bonchev–Trinajstić information content (AvgIpc) is 2.18. The van der Waals surface area contributed by atoms with Crippen LogP contribution in [-0.2, 0) is 4.79 Å². The molecule has 0 aliphatic carbocycles. The number of carboxylic acid groups (broad SMARTS) is 1. The first-order valence-electron chi connectivity index (χ1n) is 5.31. The number of piperidine rings is 1. The molecule has 2 fully saturated rings. The van der Waals surface area contributed by atoms with Gasteiger partial charge in [-0.1, -0.05) is 0 Å². The Morgan fingerprint density at radius 3 is 3.14 bits per heavy atom. The van der Waals surface area contributed by atoms with Gasteiger partial charge in [-0.25, -0.2) is 0 Å². The number of thioether (sulfide) groups is 1. The Morgan fingerprint density at radius 1 is 1.50 bits per heavy atom. The molecule has 80 valence electrons. The number of nitrogens with zero attached hydrogens (tertiary/aromatic N) is 1. The third kappa shape index (κ3) is 2.23. The first-order valence-corrected chi connectivity index (χ1v) is 6.46. The van der Waals surface area contributed by atoms with Crippen molar-refractivity contribution in [2.24, 2.45) is 5.92 Å². The summed E-state index contributed by atoms with van der Waals surface area (Å²) < 4.78 is 0. The molecule has 0 radical (unpaired) electrons. The second-order valence-electron chi connectivity index (χ2n) is 4.18. The van der Waals surface area contributed by atoms with E-state index in [1.165, 1.54) is 18.7 Å². The third-order valence-electron chi connectivity index (χ3n) is 3.28. The van der Waals surface area contributed by atoms with E-state index in [-0.39, 0.29) is 0 Å². The zero-order chi connectivity index (χ0) is 9.97. The molecule has 2 aliphatic rings. The zero-order valence-corrected chi connectivity index (χ0v) is 9.13. The fraction of sp³-hybridized carbons (Fsp3) is 0.900. The van der Waals surface area contributed by atoms with E-state index in [0.29, 0.717) is 18.4 Å². The van der Waals surface area contributed by atoms with Crippen molar-refractivity contribution in [3.05, 3.63) is 0 Å². The molecule has 2 aliphatic heterocycles. The Kier molecular flexibility index (Phi) is 3.34. The summed E-state index contributed by atoms with van der Waals surface area (Å²) >= 11 is 1.98. The SMILES string of the molecule is O=C(O)CC1CCCN2CCSCC12. The molecule has 0 spiro atoms. The molecular weight excluding hydrogens is 198 g/mol. The lowest BCUT2D eigenvalue weighted by Crippen LogP contribution is -2.50. The molecule has 0 aromatic rings. The maximum absolute atomic E-state index is 10.7. The van der Waals surface area contributed by atoms with Crippen LogP contribution in [0, 0.1) is 5.92 Å². The van der Waals surface area contributed by atoms with Gasteiger partial charge in [0.2, 0.25) is 0 Å². The van der Waals surface area contributed by atoms with Gasteiger partial charge in [-0.15, -0.1) is 0 Å². The molecule has 0 aromatic carbocycles. The molecule has 1 N–H and O–H groups in total. The van der Waals surface area contributed by atoms with Crippen molar-refractivity contribution in [1.82, 2.24) is 4.90 Å². The summed E-state index contributed by atoms with van der Waals surface area (Å²) in [5.41, 5.74) is 0. The number of hydrogen-bond acceptors (Lipinski definition) is 3. The van der Waals surface area contributed by atoms with Crippen molar-refractivity contribution in [3.63, 3.8) is 0 Å². The molecule has 2 unspecified atom stereocenters. The molecule has 0 amide bonds. The van der Waals surface area contributed by atoms with Crippen molar-refractivity contribution in [1.29, 1.82) is 0 Å². The van der Waals surface area contributed by atoms with E-state index >= 15 is 0 Å². The highest BCUT2D eigenvalue weighted by Crippen LogP contribution is 2.31. The van der Waals surface area contributed by atoms with Gasteiger partial charge in [-0.2, -0.15) is 11.8 Å². The van der Waals surface area contributed by atoms with E-state index in [1.807, 2.05) is 11.8 Å². The topological polar surface area (TPSA) is 40.5 Å². The molecule has 4 heteroatoms. The van der Waals surface area contributed by atoms with Crippen LogP contribution in [0.5, 0.6) is 0 Å². The lowest BCUT2D eigenvalue weighted by Gasteiger charge is -2.43. The van der Waals surface area contributed by atoms with E-state index in [4.69, 9.17) is 5.11 Å². The van der Waals surface area contributed by atoms with Gasteiger partial charge in [0.15, 0.2) is 0 Å². The monoisotopic (exact) mass is 215 g/mol. The number of carboxylic acids is 1. The average molecular weight is 215 g/mol. The van der Waals surface area contributed by atoms with Crippen LogP contribution in [0.3, 0.4) is 0 Å². The van der Waals surface area contributed by atoms with E-state index in [0.717, 1.165) is 18.7 Å². The van der Waals surface area contributed by atoms with Crippen LogP contribution in [0.25, 0.3) is 0 Å². The Balaban J connectivity index is 1.97. The highest BCUT2D eigenvalue weighted by Gasteiger charge is 2.34. The molecule has 2 rings (SSSR count). The molecule has 0 aromatic heterocycles. The van der Waals surface area contributed by atoms with E-state index in [1.54, 1.807) is 0 Å². The summed E-state index contributed by atoms with van der Waals surface area (Å²) in [4.78, 5) is 13.2. The maximum atomic E-state index is 10.7. The van der Waals surface area contributed by atoms with E-state index in [2.05, 4.69) is 4.90 Å². The van der Waals surface area contributed by atoms with Crippen molar-refractivity contribution in [2.75, 3.05) is 24.6 Å². The van der Waals surface area contributed by atoms with Crippen LogP contribution >= 0.6 is 11.8 Å². The van der Waals surface area contributed by atoms with Gasteiger partial charge in [-0.05, 0) is 25.3 Å². The number of aliphatic carboxylic acids is 1.